The molecule has 0 radical (unpaired) electrons. The minimum absolute atomic E-state index is 0.341. The Kier molecular flexibility index (Phi) is 4.50. The Morgan fingerprint density at radius 2 is 1.19 bits per heavy atom. The van der Waals surface area contributed by atoms with Gasteiger partial charge in [0, 0.05) is 0 Å². The van der Waals surface area contributed by atoms with Gasteiger partial charge in [0.2, 0.25) is 0 Å². The predicted octanol–water partition coefficient (Wildman–Crippen LogP) is 5.50. The molecule has 0 aliphatic heterocycles. The molecule has 0 spiro atoms. The highest BCUT2D eigenvalue weighted by Crippen LogP contribution is 2.31. The summed E-state index contributed by atoms with van der Waals surface area (Å²) in [7, 11) is 0. The second-order valence-electron chi connectivity index (χ2n) is 6.12. The normalized spacial score (nSPS) is 10.5. The van der Waals surface area contributed by atoms with E-state index in [1.807, 2.05) is 54.6 Å². The Hall–Kier alpha value is -3.72. The number of benzene rings is 4. The minimum Gasteiger partial charge on any atom is -0.386 e. The predicted molar refractivity (Wildman–Crippen MR) is 106 cm³/mol. The lowest BCUT2D eigenvalue weighted by molar-refractivity contribution is 0.0398. The summed E-state index contributed by atoms with van der Waals surface area (Å²) in [4.78, 5) is 25.0. The van der Waals surface area contributed by atoms with Crippen molar-refractivity contribution in [3.8, 4) is 11.1 Å². The van der Waals surface area contributed by atoms with E-state index in [0.29, 0.717) is 11.1 Å². The molecule has 0 saturated carbocycles. The molecule has 0 fully saturated rings. The van der Waals surface area contributed by atoms with E-state index in [9.17, 15) is 9.59 Å². The maximum atomic E-state index is 12.7. The lowest BCUT2D eigenvalue weighted by Gasteiger charge is -2.11. The third-order valence-corrected chi connectivity index (χ3v) is 4.42. The van der Waals surface area contributed by atoms with Crippen LogP contribution in [0.3, 0.4) is 0 Å². The van der Waals surface area contributed by atoms with Crippen molar-refractivity contribution in [2.75, 3.05) is 0 Å². The van der Waals surface area contributed by atoms with Gasteiger partial charge in [0.15, 0.2) is 0 Å². The average molecular weight is 352 g/mol. The first kappa shape index (κ1) is 16.7. The first-order valence-electron chi connectivity index (χ1n) is 8.63. The van der Waals surface area contributed by atoms with E-state index in [0.717, 1.165) is 21.9 Å². The van der Waals surface area contributed by atoms with Gasteiger partial charge in [0.1, 0.15) is 0 Å². The number of carbonyl (C=O) groups excluding carboxylic acids is 2. The van der Waals surface area contributed by atoms with E-state index in [1.54, 1.807) is 42.5 Å². The van der Waals surface area contributed by atoms with Gasteiger partial charge in [-0.3, -0.25) is 0 Å². The van der Waals surface area contributed by atoms with Gasteiger partial charge in [-0.1, -0.05) is 78.9 Å². The van der Waals surface area contributed by atoms with Crippen molar-refractivity contribution in [1.82, 2.24) is 0 Å². The first-order chi connectivity index (χ1) is 13.2. The van der Waals surface area contributed by atoms with Crippen molar-refractivity contribution in [2.24, 2.45) is 0 Å². The van der Waals surface area contributed by atoms with E-state index in [4.69, 9.17) is 4.74 Å². The summed E-state index contributed by atoms with van der Waals surface area (Å²) in [6.07, 6.45) is 0. The highest BCUT2D eigenvalue weighted by Gasteiger charge is 2.19. The molecule has 4 aromatic rings. The Bertz CT molecular complexity index is 1130. The van der Waals surface area contributed by atoms with Crippen LogP contribution in [-0.2, 0) is 4.74 Å². The quantitative estimate of drug-likeness (QED) is 0.361. The summed E-state index contributed by atoms with van der Waals surface area (Å²) >= 11 is 0. The van der Waals surface area contributed by atoms with Crippen LogP contribution < -0.4 is 0 Å². The van der Waals surface area contributed by atoms with Crippen LogP contribution in [0.1, 0.15) is 20.7 Å². The Morgan fingerprint density at radius 3 is 2.04 bits per heavy atom. The SMILES string of the molecule is O=C(OC(=O)c1ccccc1-c1cccc2ccccc12)c1ccccc1. The molecular weight excluding hydrogens is 336 g/mol. The number of rotatable bonds is 3. The highest BCUT2D eigenvalue weighted by atomic mass is 16.6. The van der Waals surface area contributed by atoms with Crippen molar-refractivity contribution in [1.29, 1.82) is 0 Å². The van der Waals surface area contributed by atoms with E-state index in [-0.39, 0.29) is 0 Å². The Morgan fingerprint density at radius 1 is 0.556 bits per heavy atom. The molecule has 0 atom stereocenters. The van der Waals surface area contributed by atoms with Crippen LogP contribution in [0.4, 0.5) is 0 Å². The summed E-state index contributed by atoms with van der Waals surface area (Å²) in [5.74, 6) is -1.32. The molecule has 27 heavy (non-hydrogen) atoms. The lowest BCUT2D eigenvalue weighted by atomic mass is 9.95. The molecule has 3 heteroatoms. The molecule has 0 aliphatic rings. The molecule has 0 aliphatic carbocycles. The Balaban J connectivity index is 1.73. The molecule has 4 aromatic carbocycles. The van der Waals surface area contributed by atoms with Gasteiger partial charge in [-0.15, -0.1) is 0 Å². The largest absolute Gasteiger partial charge is 0.386 e. The molecule has 0 unspecified atom stereocenters. The molecule has 0 bridgehead atoms. The topological polar surface area (TPSA) is 43.4 Å². The molecule has 0 heterocycles. The molecule has 0 aromatic heterocycles. The molecule has 0 saturated heterocycles. The number of fused-ring (bicyclic) bond motifs is 1. The molecule has 4 rings (SSSR count). The molecule has 3 nitrogen and oxygen atoms in total. The number of ether oxygens (including phenoxy) is 1. The zero-order chi connectivity index (χ0) is 18.6. The van der Waals surface area contributed by atoms with Gasteiger partial charge in [-0.2, -0.15) is 0 Å². The van der Waals surface area contributed by atoms with Gasteiger partial charge in [0.05, 0.1) is 11.1 Å². The van der Waals surface area contributed by atoms with Crippen LogP contribution in [-0.4, -0.2) is 11.9 Å². The van der Waals surface area contributed by atoms with Crippen LogP contribution >= 0.6 is 0 Å². The van der Waals surface area contributed by atoms with Crippen molar-refractivity contribution in [2.45, 2.75) is 0 Å². The van der Waals surface area contributed by atoms with Crippen LogP contribution in [0.25, 0.3) is 21.9 Å². The fourth-order valence-corrected chi connectivity index (χ4v) is 3.13. The maximum Gasteiger partial charge on any atom is 0.346 e. The van der Waals surface area contributed by atoms with E-state index < -0.39 is 11.9 Å². The van der Waals surface area contributed by atoms with Crippen LogP contribution in [0, 0.1) is 0 Å². The minimum atomic E-state index is -0.660. The molecular formula is C24H16O3. The summed E-state index contributed by atoms with van der Waals surface area (Å²) in [6, 6.07) is 29.6. The summed E-state index contributed by atoms with van der Waals surface area (Å²) < 4.78 is 5.12. The number of hydrogen-bond donors (Lipinski definition) is 0. The summed E-state index contributed by atoms with van der Waals surface area (Å²) in [6.45, 7) is 0. The van der Waals surface area contributed by atoms with Gasteiger partial charge >= 0.3 is 11.9 Å². The zero-order valence-electron chi connectivity index (χ0n) is 14.5. The van der Waals surface area contributed by atoms with Gasteiger partial charge in [-0.25, -0.2) is 9.59 Å². The van der Waals surface area contributed by atoms with Gasteiger partial charge in [-0.05, 0) is 40.1 Å². The summed E-state index contributed by atoms with van der Waals surface area (Å²) in [5.41, 5.74) is 2.36. The van der Waals surface area contributed by atoms with Crippen molar-refractivity contribution >= 4 is 22.7 Å². The van der Waals surface area contributed by atoms with Gasteiger partial charge < -0.3 is 4.74 Å². The monoisotopic (exact) mass is 352 g/mol. The zero-order valence-corrected chi connectivity index (χ0v) is 14.5. The van der Waals surface area contributed by atoms with Crippen molar-refractivity contribution in [3.05, 3.63) is 108 Å². The van der Waals surface area contributed by atoms with Crippen LogP contribution in [0.2, 0.25) is 0 Å². The van der Waals surface area contributed by atoms with Gasteiger partial charge in [0.25, 0.3) is 0 Å². The maximum absolute atomic E-state index is 12.7. The lowest BCUT2D eigenvalue weighted by Crippen LogP contribution is -2.13. The fourth-order valence-electron chi connectivity index (χ4n) is 3.13. The van der Waals surface area contributed by atoms with Crippen molar-refractivity contribution in [3.63, 3.8) is 0 Å². The van der Waals surface area contributed by atoms with Crippen molar-refractivity contribution < 1.29 is 14.3 Å². The standard InChI is InChI=1S/C24H16O3/c25-23(18-10-2-1-3-11-18)27-24(26)22-15-7-6-14-21(22)20-16-8-12-17-9-4-5-13-19(17)20/h1-16H. The fraction of sp³-hybridized carbons (Fsp3) is 0. The second-order valence-corrected chi connectivity index (χ2v) is 6.12. The smallest absolute Gasteiger partial charge is 0.346 e. The molecule has 130 valence electrons. The van der Waals surface area contributed by atoms with Crippen LogP contribution in [0.5, 0.6) is 0 Å². The van der Waals surface area contributed by atoms with E-state index in [2.05, 4.69) is 0 Å². The molecule has 0 amide bonds. The first-order valence-corrected chi connectivity index (χ1v) is 8.63. The number of hydrogen-bond acceptors (Lipinski definition) is 3. The third-order valence-electron chi connectivity index (χ3n) is 4.42. The molecule has 0 N–H and O–H groups in total. The Labute approximate surface area is 156 Å². The second kappa shape index (κ2) is 7.26. The number of esters is 2. The third kappa shape index (κ3) is 3.35. The number of carbonyl (C=O) groups is 2. The highest BCUT2D eigenvalue weighted by molar-refractivity contribution is 6.08. The summed E-state index contributed by atoms with van der Waals surface area (Å²) in [5, 5.41) is 2.12. The van der Waals surface area contributed by atoms with E-state index >= 15 is 0 Å². The average Bonchev–Trinajstić information content (AvgIpc) is 2.74. The van der Waals surface area contributed by atoms with Crippen LogP contribution in [0.15, 0.2) is 97.1 Å². The van der Waals surface area contributed by atoms with E-state index in [1.165, 1.54) is 0 Å².